The molecule has 2 aliphatic heterocycles. The number of methoxy groups -OCH3 is 1. The predicted molar refractivity (Wildman–Crippen MR) is 147 cm³/mol. The summed E-state index contributed by atoms with van der Waals surface area (Å²) in [6.45, 7) is 10.3. The van der Waals surface area contributed by atoms with Crippen LogP contribution in [0.4, 0.5) is 16.2 Å². The summed E-state index contributed by atoms with van der Waals surface area (Å²) >= 11 is 0. The van der Waals surface area contributed by atoms with Crippen LogP contribution < -0.4 is 15.0 Å². The van der Waals surface area contributed by atoms with Crippen molar-refractivity contribution in [2.24, 2.45) is 0 Å². The standard InChI is InChI=1S/C29H40N4O4/c1-4-13-31-14-11-22(12-15-31)26-21-24(9-10-27(26)36-3)30-29(35)33-18-16-32(17-19-33)25-8-6-7-23(20-25)28(34)37-5-2/h6-10,20-22H,4-5,11-19H2,1-3H3,(H,30,35). The predicted octanol–water partition coefficient (Wildman–Crippen LogP) is 4.82. The summed E-state index contributed by atoms with van der Waals surface area (Å²) in [5, 5.41) is 3.11. The van der Waals surface area contributed by atoms with Gasteiger partial charge in [0.1, 0.15) is 5.75 Å². The number of nitrogens with one attached hydrogen (secondary N) is 1. The van der Waals surface area contributed by atoms with E-state index in [1.54, 1.807) is 20.1 Å². The number of hydrogen-bond acceptors (Lipinski definition) is 6. The van der Waals surface area contributed by atoms with Crippen LogP contribution in [0.25, 0.3) is 0 Å². The highest BCUT2D eigenvalue weighted by atomic mass is 16.5. The number of urea groups is 1. The fourth-order valence-electron chi connectivity index (χ4n) is 5.33. The molecule has 2 amide bonds. The molecular weight excluding hydrogens is 468 g/mol. The Labute approximate surface area is 220 Å². The minimum atomic E-state index is -0.312. The molecule has 0 spiro atoms. The van der Waals surface area contributed by atoms with E-state index in [-0.39, 0.29) is 12.0 Å². The van der Waals surface area contributed by atoms with Crippen molar-refractivity contribution in [1.29, 1.82) is 0 Å². The minimum absolute atomic E-state index is 0.0891. The third kappa shape index (κ3) is 6.74. The van der Waals surface area contributed by atoms with E-state index in [4.69, 9.17) is 9.47 Å². The number of amides is 2. The molecule has 2 aliphatic rings. The smallest absolute Gasteiger partial charge is 0.338 e. The molecule has 2 aromatic carbocycles. The molecule has 0 unspecified atom stereocenters. The second-order valence-electron chi connectivity index (χ2n) is 9.75. The molecule has 1 N–H and O–H groups in total. The lowest BCUT2D eigenvalue weighted by Gasteiger charge is -2.36. The first kappa shape index (κ1) is 26.8. The zero-order valence-electron chi connectivity index (χ0n) is 22.4. The van der Waals surface area contributed by atoms with E-state index in [1.807, 2.05) is 35.2 Å². The van der Waals surface area contributed by atoms with Gasteiger partial charge in [-0.3, -0.25) is 0 Å². The molecule has 37 heavy (non-hydrogen) atoms. The Morgan fingerprint density at radius 2 is 1.73 bits per heavy atom. The summed E-state index contributed by atoms with van der Waals surface area (Å²) in [7, 11) is 1.71. The number of ether oxygens (including phenoxy) is 2. The van der Waals surface area contributed by atoms with Gasteiger partial charge in [0.05, 0.1) is 19.3 Å². The van der Waals surface area contributed by atoms with Gasteiger partial charge >= 0.3 is 12.0 Å². The summed E-state index contributed by atoms with van der Waals surface area (Å²) in [6.07, 6.45) is 3.39. The fourth-order valence-corrected chi connectivity index (χ4v) is 5.33. The number of piperazine rings is 1. The molecule has 0 radical (unpaired) electrons. The second kappa shape index (κ2) is 12.8. The molecule has 2 saturated heterocycles. The number of hydrogen-bond donors (Lipinski definition) is 1. The lowest BCUT2D eigenvalue weighted by molar-refractivity contribution is 0.0526. The molecule has 0 bridgehead atoms. The van der Waals surface area contributed by atoms with Gasteiger partial charge in [-0.2, -0.15) is 0 Å². The van der Waals surface area contributed by atoms with Crippen LogP contribution in [0.15, 0.2) is 42.5 Å². The lowest BCUT2D eigenvalue weighted by Crippen LogP contribution is -2.50. The van der Waals surface area contributed by atoms with Crippen molar-refractivity contribution in [1.82, 2.24) is 9.80 Å². The zero-order valence-corrected chi connectivity index (χ0v) is 22.4. The van der Waals surface area contributed by atoms with Crippen LogP contribution in [-0.4, -0.2) is 81.3 Å². The van der Waals surface area contributed by atoms with Crippen molar-refractivity contribution in [2.75, 3.05) is 69.7 Å². The molecule has 2 heterocycles. The Hall–Kier alpha value is -3.26. The monoisotopic (exact) mass is 508 g/mol. The number of nitrogens with zero attached hydrogens (tertiary/aromatic N) is 3. The molecule has 2 aromatic rings. The zero-order chi connectivity index (χ0) is 26.2. The van der Waals surface area contributed by atoms with Crippen molar-refractivity contribution in [3.63, 3.8) is 0 Å². The van der Waals surface area contributed by atoms with E-state index in [1.165, 1.54) is 12.0 Å². The van der Waals surface area contributed by atoms with E-state index in [2.05, 4.69) is 28.1 Å². The summed E-state index contributed by atoms with van der Waals surface area (Å²) in [6, 6.07) is 13.4. The number of rotatable bonds is 8. The maximum Gasteiger partial charge on any atom is 0.338 e. The Morgan fingerprint density at radius 1 is 0.973 bits per heavy atom. The Bertz CT molecular complexity index is 1060. The van der Waals surface area contributed by atoms with Crippen molar-refractivity contribution >= 4 is 23.4 Å². The SMILES string of the molecule is CCCN1CCC(c2cc(NC(=O)N3CCN(c4cccc(C(=O)OCC)c4)CC3)ccc2OC)CC1. The number of piperidine rings is 1. The van der Waals surface area contributed by atoms with E-state index in [0.717, 1.165) is 49.6 Å². The maximum atomic E-state index is 13.1. The second-order valence-corrected chi connectivity index (χ2v) is 9.75. The lowest BCUT2D eigenvalue weighted by atomic mass is 9.88. The van der Waals surface area contributed by atoms with Crippen LogP contribution in [-0.2, 0) is 4.74 Å². The molecule has 8 heteroatoms. The fraction of sp³-hybridized carbons (Fsp3) is 0.517. The minimum Gasteiger partial charge on any atom is -0.496 e. The van der Waals surface area contributed by atoms with E-state index < -0.39 is 0 Å². The van der Waals surface area contributed by atoms with Gasteiger partial charge in [-0.1, -0.05) is 13.0 Å². The quantitative estimate of drug-likeness (QED) is 0.516. The molecule has 0 aliphatic carbocycles. The third-order valence-corrected chi connectivity index (χ3v) is 7.34. The molecular formula is C29H40N4O4. The highest BCUT2D eigenvalue weighted by molar-refractivity contribution is 5.91. The van der Waals surface area contributed by atoms with E-state index in [9.17, 15) is 9.59 Å². The Kier molecular flexibility index (Phi) is 9.28. The number of anilines is 2. The molecule has 8 nitrogen and oxygen atoms in total. The average Bonchev–Trinajstić information content (AvgIpc) is 2.94. The van der Waals surface area contributed by atoms with Gasteiger partial charge in [0.2, 0.25) is 0 Å². The van der Waals surface area contributed by atoms with Crippen molar-refractivity contribution in [3.05, 3.63) is 53.6 Å². The number of carbonyl (C=O) groups excluding carboxylic acids is 2. The Balaban J connectivity index is 1.34. The van der Waals surface area contributed by atoms with Crippen LogP contribution in [0.1, 0.15) is 54.9 Å². The molecule has 2 fully saturated rings. The van der Waals surface area contributed by atoms with Gasteiger partial charge in [0, 0.05) is 37.6 Å². The van der Waals surface area contributed by atoms with Crippen molar-refractivity contribution < 1.29 is 19.1 Å². The van der Waals surface area contributed by atoms with Gasteiger partial charge in [-0.15, -0.1) is 0 Å². The van der Waals surface area contributed by atoms with Crippen molar-refractivity contribution in [2.45, 2.75) is 39.0 Å². The van der Waals surface area contributed by atoms with Gasteiger partial charge in [0.25, 0.3) is 0 Å². The first-order valence-electron chi connectivity index (χ1n) is 13.5. The van der Waals surface area contributed by atoms with Crippen LogP contribution in [0, 0.1) is 0 Å². The van der Waals surface area contributed by atoms with E-state index >= 15 is 0 Å². The molecule has 4 rings (SSSR count). The topological polar surface area (TPSA) is 74.4 Å². The van der Waals surface area contributed by atoms with E-state index in [0.29, 0.717) is 44.3 Å². The number of benzene rings is 2. The molecule has 200 valence electrons. The molecule has 0 atom stereocenters. The summed E-state index contributed by atoms with van der Waals surface area (Å²) in [4.78, 5) is 31.7. The van der Waals surface area contributed by atoms with Gasteiger partial charge in [-0.25, -0.2) is 9.59 Å². The Morgan fingerprint density at radius 3 is 2.41 bits per heavy atom. The summed E-state index contributed by atoms with van der Waals surface area (Å²) < 4.78 is 10.8. The van der Waals surface area contributed by atoms with Crippen LogP contribution in [0.2, 0.25) is 0 Å². The van der Waals surface area contributed by atoms with Crippen LogP contribution in [0.5, 0.6) is 5.75 Å². The first-order valence-corrected chi connectivity index (χ1v) is 13.5. The highest BCUT2D eigenvalue weighted by Crippen LogP contribution is 2.36. The number of carbonyl (C=O) groups is 2. The number of likely N-dealkylation sites (tertiary alicyclic amines) is 1. The van der Waals surface area contributed by atoms with Gasteiger partial charge < -0.3 is 29.5 Å². The third-order valence-electron chi connectivity index (χ3n) is 7.34. The number of esters is 1. The summed E-state index contributed by atoms with van der Waals surface area (Å²) in [5.74, 6) is 1.02. The van der Waals surface area contributed by atoms with Gasteiger partial charge in [-0.05, 0) is 93.7 Å². The normalized spacial score (nSPS) is 16.9. The maximum absolute atomic E-state index is 13.1. The highest BCUT2D eigenvalue weighted by Gasteiger charge is 2.25. The summed E-state index contributed by atoms with van der Waals surface area (Å²) in [5.41, 5.74) is 3.50. The van der Waals surface area contributed by atoms with Crippen molar-refractivity contribution in [3.8, 4) is 5.75 Å². The first-order chi connectivity index (χ1) is 18.0. The average molecular weight is 509 g/mol. The molecule has 0 aromatic heterocycles. The van der Waals surface area contributed by atoms with Gasteiger partial charge in [0.15, 0.2) is 0 Å². The van der Waals surface area contributed by atoms with Crippen LogP contribution >= 0.6 is 0 Å². The molecule has 0 saturated carbocycles. The van der Waals surface area contributed by atoms with Crippen LogP contribution in [0.3, 0.4) is 0 Å². The largest absolute Gasteiger partial charge is 0.496 e.